The second-order valence-corrected chi connectivity index (χ2v) is 4.90. The highest BCUT2D eigenvalue weighted by Gasteiger charge is 2.23. The zero-order valence-corrected chi connectivity index (χ0v) is 11.3. The number of aryl methyl sites for hydroxylation is 1. The number of nitrogens with zero attached hydrogens (tertiary/aromatic N) is 1. The fourth-order valence-corrected chi connectivity index (χ4v) is 2.26. The number of carbonyl (C=O) groups is 1. The van der Waals surface area contributed by atoms with Gasteiger partial charge in [0.05, 0.1) is 10.6 Å². The Bertz CT molecular complexity index is 569. The van der Waals surface area contributed by atoms with Crippen LogP contribution in [0.4, 0.5) is 17.1 Å². The average Bonchev–Trinajstić information content (AvgIpc) is 2.38. The summed E-state index contributed by atoms with van der Waals surface area (Å²) in [4.78, 5) is 22.1. The Hall–Kier alpha value is -2.37. The molecule has 1 aliphatic rings. The van der Waals surface area contributed by atoms with Crippen molar-refractivity contribution in [2.75, 3.05) is 10.6 Å². The first-order chi connectivity index (χ1) is 9.51. The second kappa shape index (κ2) is 5.73. The maximum absolute atomic E-state index is 11.3. The minimum Gasteiger partial charge on any atom is -0.377 e. The molecular formula is C14H17N3O3. The van der Waals surface area contributed by atoms with E-state index in [9.17, 15) is 14.9 Å². The standard InChI is InChI=1S/C14H17N3O3/c1-3-4-9(2)15-12-7-10-5-6-14(18)16-11(10)8-13(12)17(19)20/h3,7-9,15H,1,4-6H2,2H3,(H,16,18). The molecule has 0 saturated heterocycles. The molecule has 0 radical (unpaired) electrons. The van der Waals surface area contributed by atoms with E-state index in [2.05, 4.69) is 17.2 Å². The predicted octanol–water partition coefficient (Wildman–Crippen LogP) is 2.86. The van der Waals surface area contributed by atoms with Crippen LogP contribution in [0, 0.1) is 10.1 Å². The summed E-state index contributed by atoms with van der Waals surface area (Å²) < 4.78 is 0. The van der Waals surface area contributed by atoms with Gasteiger partial charge in [-0.2, -0.15) is 0 Å². The van der Waals surface area contributed by atoms with Crippen molar-refractivity contribution in [1.29, 1.82) is 0 Å². The molecule has 1 aromatic carbocycles. The van der Waals surface area contributed by atoms with Gasteiger partial charge in [0.15, 0.2) is 0 Å². The molecule has 0 spiro atoms. The van der Waals surface area contributed by atoms with Crippen LogP contribution in [-0.4, -0.2) is 16.9 Å². The zero-order valence-electron chi connectivity index (χ0n) is 11.3. The number of rotatable bonds is 5. The van der Waals surface area contributed by atoms with E-state index in [1.807, 2.05) is 6.92 Å². The third-order valence-electron chi connectivity index (χ3n) is 3.24. The number of benzene rings is 1. The summed E-state index contributed by atoms with van der Waals surface area (Å²) in [6, 6.07) is 3.24. The summed E-state index contributed by atoms with van der Waals surface area (Å²) in [6.45, 7) is 5.59. The lowest BCUT2D eigenvalue weighted by atomic mass is 10.0. The number of nitro groups is 1. The zero-order chi connectivity index (χ0) is 14.7. The second-order valence-electron chi connectivity index (χ2n) is 4.90. The van der Waals surface area contributed by atoms with Gasteiger partial charge in [0.2, 0.25) is 5.91 Å². The minimum atomic E-state index is -0.440. The van der Waals surface area contributed by atoms with Crippen molar-refractivity contribution in [3.8, 4) is 0 Å². The van der Waals surface area contributed by atoms with Crippen molar-refractivity contribution in [3.05, 3.63) is 40.5 Å². The lowest BCUT2D eigenvalue weighted by molar-refractivity contribution is -0.383. The van der Waals surface area contributed by atoms with E-state index >= 15 is 0 Å². The molecule has 20 heavy (non-hydrogen) atoms. The number of hydrogen-bond donors (Lipinski definition) is 2. The molecule has 2 rings (SSSR count). The Morgan fingerprint density at radius 1 is 1.55 bits per heavy atom. The highest BCUT2D eigenvalue weighted by atomic mass is 16.6. The molecule has 1 aliphatic heterocycles. The van der Waals surface area contributed by atoms with Crippen molar-refractivity contribution < 1.29 is 9.72 Å². The van der Waals surface area contributed by atoms with Crippen LogP contribution < -0.4 is 10.6 Å². The van der Waals surface area contributed by atoms with Gasteiger partial charge < -0.3 is 10.6 Å². The normalized spacial score (nSPS) is 14.9. The summed E-state index contributed by atoms with van der Waals surface area (Å²) >= 11 is 0. The molecule has 6 heteroatoms. The molecule has 1 atom stereocenters. The van der Waals surface area contributed by atoms with Gasteiger partial charge >= 0.3 is 0 Å². The van der Waals surface area contributed by atoms with Gasteiger partial charge in [0.1, 0.15) is 5.69 Å². The molecule has 0 aliphatic carbocycles. The number of hydrogen-bond acceptors (Lipinski definition) is 4. The van der Waals surface area contributed by atoms with Gasteiger partial charge in [0, 0.05) is 18.5 Å². The molecular weight excluding hydrogens is 258 g/mol. The van der Waals surface area contributed by atoms with Crippen molar-refractivity contribution in [2.45, 2.75) is 32.2 Å². The monoisotopic (exact) mass is 275 g/mol. The lowest BCUT2D eigenvalue weighted by Gasteiger charge is -2.20. The van der Waals surface area contributed by atoms with Crippen molar-refractivity contribution >= 4 is 23.0 Å². The maximum Gasteiger partial charge on any atom is 0.294 e. The molecule has 2 N–H and O–H groups in total. The Balaban J connectivity index is 2.37. The van der Waals surface area contributed by atoms with Crippen LogP contribution in [-0.2, 0) is 11.2 Å². The van der Waals surface area contributed by atoms with Crippen LogP contribution >= 0.6 is 0 Å². The van der Waals surface area contributed by atoms with Crippen LogP contribution in [0.2, 0.25) is 0 Å². The molecule has 1 aromatic rings. The van der Waals surface area contributed by atoms with Gasteiger partial charge in [-0.05, 0) is 31.4 Å². The average molecular weight is 275 g/mol. The Kier molecular flexibility index (Phi) is 4.02. The van der Waals surface area contributed by atoms with Crippen LogP contribution in [0.5, 0.6) is 0 Å². The molecule has 0 bridgehead atoms. The molecule has 0 aromatic heterocycles. The molecule has 0 saturated carbocycles. The van der Waals surface area contributed by atoms with E-state index in [4.69, 9.17) is 0 Å². The molecule has 0 fully saturated rings. The third kappa shape index (κ3) is 2.96. The van der Waals surface area contributed by atoms with Crippen molar-refractivity contribution in [1.82, 2.24) is 0 Å². The Morgan fingerprint density at radius 3 is 2.95 bits per heavy atom. The van der Waals surface area contributed by atoms with Crippen LogP contribution in [0.1, 0.15) is 25.3 Å². The summed E-state index contributed by atoms with van der Waals surface area (Å²) in [5.74, 6) is -0.104. The van der Waals surface area contributed by atoms with Crippen LogP contribution in [0.15, 0.2) is 24.8 Å². The first kappa shape index (κ1) is 14.0. The highest BCUT2D eigenvalue weighted by Crippen LogP contribution is 2.34. The molecule has 1 unspecified atom stereocenters. The topological polar surface area (TPSA) is 84.3 Å². The third-order valence-corrected chi connectivity index (χ3v) is 3.24. The predicted molar refractivity (Wildman–Crippen MR) is 77.9 cm³/mol. The van der Waals surface area contributed by atoms with E-state index in [1.54, 1.807) is 12.1 Å². The number of anilines is 2. The first-order valence-corrected chi connectivity index (χ1v) is 6.50. The number of nitro benzene ring substituents is 1. The number of nitrogens with one attached hydrogen (secondary N) is 2. The quantitative estimate of drug-likeness (QED) is 0.491. The SMILES string of the molecule is C=CCC(C)Nc1cc2c(cc1[N+](=O)[O-])NC(=O)CC2. The summed E-state index contributed by atoms with van der Waals surface area (Å²) in [5, 5.41) is 17.0. The van der Waals surface area contributed by atoms with Crippen LogP contribution in [0.25, 0.3) is 0 Å². The van der Waals surface area contributed by atoms with Gasteiger partial charge in [-0.25, -0.2) is 0 Å². The molecule has 1 heterocycles. The van der Waals surface area contributed by atoms with E-state index in [0.29, 0.717) is 30.6 Å². The highest BCUT2D eigenvalue weighted by molar-refractivity contribution is 5.95. The first-order valence-electron chi connectivity index (χ1n) is 6.50. The van der Waals surface area contributed by atoms with Crippen molar-refractivity contribution in [2.24, 2.45) is 0 Å². The lowest BCUT2D eigenvalue weighted by Crippen LogP contribution is -2.20. The summed E-state index contributed by atoms with van der Waals surface area (Å²) in [5.41, 5.74) is 1.92. The minimum absolute atomic E-state index is 0.0261. The van der Waals surface area contributed by atoms with E-state index < -0.39 is 4.92 Å². The molecule has 106 valence electrons. The Morgan fingerprint density at radius 2 is 2.30 bits per heavy atom. The number of fused-ring (bicyclic) bond motifs is 1. The van der Waals surface area contributed by atoms with E-state index in [1.165, 1.54) is 6.07 Å². The van der Waals surface area contributed by atoms with Gasteiger partial charge in [-0.1, -0.05) is 6.08 Å². The van der Waals surface area contributed by atoms with Gasteiger partial charge in [0.25, 0.3) is 5.69 Å². The smallest absolute Gasteiger partial charge is 0.294 e. The Labute approximate surface area is 117 Å². The fraction of sp³-hybridized carbons (Fsp3) is 0.357. The van der Waals surface area contributed by atoms with Crippen molar-refractivity contribution in [3.63, 3.8) is 0 Å². The van der Waals surface area contributed by atoms with E-state index in [0.717, 1.165) is 5.56 Å². The number of carbonyl (C=O) groups excluding carboxylic acids is 1. The van der Waals surface area contributed by atoms with E-state index in [-0.39, 0.29) is 17.6 Å². The number of amides is 1. The van der Waals surface area contributed by atoms with Crippen LogP contribution in [0.3, 0.4) is 0 Å². The molecule has 6 nitrogen and oxygen atoms in total. The summed E-state index contributed by atoms with van der Waals surface area (Å²) in [6.07, 6.45) is 3.49. The largest absolute Gasteiger partial charge is 0.377 e. The fourth-order valence-electron chi connectivity index (χ4n) is 2.26. The summed E-state index contributed by atoms with van der Waals surface area (Å²) in [7, 11) is 0. The van der Waals surface area contributed by atoms with Gasteiger partial charge in [-0.15, -0.1) is 6.58 Å². The molecule has 1 amide bonds. The van der Waals surface area contributed by atoms with Gasteiger partial charge in [-0.3, -0.25) is 14.9 Å². The maximum atomic E-state index is 11.3.